The van der Waals surface area contributed by atoms with E-state index in [1.165, 1.54) is 23.1 Å². The third-order valence-corrected chi connectivity index (χ3v) is 5.41. The lowest BCUT2D eigenvalue weighted by Gasteiger charge is -2.28. The third-order valence-electron chi connectivity index (χ3n) is 4.65. The van der Waals surface area contributed by atoms with Gasteiger partial charge in [0.1, 0.15) is 10.2 Å². The number of benzene rings is 1. The Labute approximate surface area is 155 Å². The number of nitrogens with zero attached hydrogens (tertiary/aromatic N) is 3. The molecule has 0 spiro atoms. The molecule has 1 aromatic carbocycles. The lowest BCUT2D eigenvalue weighted by atomic mass is 10.1. The number of nitrogens with one attached hydrogen (secondary N) is 1. The highest BCUT2D eigenvalue weighted by Gasteiger charge is 2.23. The number of aryl methyl sites for hydroxylation is 1. The van der Waals surface area contributed by atoms with Crippen LogP contribution in [0.2, 0.25) is 0 Å². The first kappa shape index (κ1) is 17.9. The van der Waals surface area contributed by atoms with Crippen molar-refractivity contribution >= 4 is 21.6 Å². The molecule has 1 aliphatic heterocycles. The molecule has 2 aromatic rings. The van der Waals surface area contributed by atoms with Crippen molar-refractivity contribution in [3.05, 3.63) is 50.9 Å². The Morgan fingerprint density at radius 3 is 2.60 bits per heavy atom. The second kappa shape index (κ2) is 8.01. The molecular weight excluding hydrogens is 384 g/mol. The van der Waals surface area contributed by atoms with E-state index in [9.17, 15) is 4.79 Å². The second-order valence-corrected chi connectivity index (χ2v) is 7.01. The Morgan fingerprint density at radius 2 is 1.96 bits per heavy atom. The summed E-state index contributed by atoms with van der Waals surface area (Å²) in [5.41, 5.74) is 1.82. The average Bonchev–Trinajstić information content (AvgIpc) is 3.16. The molecule has 6 nitrogen and oxygen atoms in total. The summed E-state index contributed by atoms with van der Waals surface area (Å²) in [4.78, 5) is 14.5. The zero-order chi connectivity index (χ0) is 17.8. The van der Waals surface area contributed by atoms with Crippen LogP contribution in [-0.4, -0.2) is 41.4 Å². The van der Waals surface area contributed by atoms with Crippen LogP contribution in [0.3, 0.4) is 0 Å². The van der Waals surface area contributed by atoms with E-state index in [1.54, 1.807) is 20.4 Å². The molecule has 0 radical (unpaired) electrons. The first-order chi connectivity index (χ1) is 12.1. The summed E-state index contributed by atoms with van der Waals surface area (Å²) < 4.78 is 7.09. The van der Waals surface area contributed by atoms with E-state index in [0.717, 1.165) is 24.5 Å². The molecule has 1 saturated heterocycles. The molecule has 1 aliphatic rings. The SMILES string of the molecule is COc1ccc(C(CNc2cnn(C)c(=O)c2Br)N2CCCC2)cc1. The smallest absolute Gasteiger partial charge is 0.282 e. The van der Waals surface area contributed by atoms with Crippen LogP contribution in [0.15, 0.2) is 39.7 Å². The van der Waals surface area contributed by atoms with Crippen LogP contribution in [0, 0.1) is 0 Å². The van der Waals surface area contributed by atoms with Crippen molar-refractivity contribution in [2.75, 3.05) is 32.1 Å². The molecule has 1 fully saturated rings. The molecule has 1 unspecified atom stereocenters. The Morgan fingerprint density at radius 1 is 1.28 bits per heavy atom. The number of hydrogen-bond acceptors (Lipinski definition) is 5. The van der Waals surface area contributed by atoms with Gasteiger partial charge >= 0.3 is 0 Å². The van der Waals surface area contributed by atoms with E-state index in [2.05, 4.69) is 43.4 Å². The number of rotatable bonds is 6. The Balaban J connectivity index is 1.80. The molecular formula is C18H23BrN4O2. The first-order valence-electron chi connectivity index (χ1n) is 8.44. The van der Waals surface area contributed by atoms with Crippen molar-refractivity contribution in [2.24, 2.45) is 7.05 Å². The molecule has 0 saturated carbocycles. The Bertz CT molecular complexity index is 770. The molecule has 7 heteroatoms. The molecule has 1 aromatic heterocycles. The average molecular weight is 407 g/mol. The molecule has 1 atom stereocenters. The maximum Gasteiger partial charge on any atom is 0.282 e. The highest BCUT2D eigenvalue weighted by Crippen LogP contribution is 2.28. The van der Waals surface area contributed by atoms with E-state index in [4.69, 9.17) is 4.74 Å². The number of methoxy groups -OCH3 is 1. The molecule has 0 bridgehead atoms. The predicted octanol–water partition coefficient (Wildman–Crippen LogP) is 2.80. The molecule has 0 aliphatic carbocycles. The van der Waals surface area contributed by atoms with Gasteiger partial charge in [-0.15, -0.1) is 0 Å². The quantitative estimate of drug-likeness (QED) is 0.798. The fourth-order valence-corrected chi connectivity index (χ4v) is 3.68. The number of anilines is 1. The summed E-state index contributed by atoms with van der Waals surface area (Å²) in [6.07, 6.45) is 4.13. The van der Waals surface area contributed by atoms with Gasteiger partial charge in [-0.2, -0.15) is 5.10 Å². The summed E-state index contributed by atoms with van der Waals surface area (Å²) in [6, 6.07) is 8.45. The van der Waals surface area contributed by atoms with E-state index >= 15 is 0 Å². The van der Waals surface area contributed by atoms with Crippen molar-refractivity contribution in [2.45, 2.75) is 18.9 Å². The lowest BCUT2D eigenvalue weighted by Crippen LogP contribution is -2.31. The number of ether oxygens (including phenoxy) is 1. The highest BCUT2D eigenvalue weighted by atomic mass is 79.9. The maximum absolute atomic E-state index is 12.0. The van der Waals surface area contributed by atoms with E-state index in [-0.39, 0.29) is 11.6 Å². The fourth-order valence-electron chi connectivity index (χ4n) is 3.18. The molecule has 3 rings (SSSR count). The zero-order valence-electron chi connectivity index (χ0n) is 14.5. The van der Waals surface area contributed by atoms with Gasteiger partial charge in [0.2, 0.25) is 0 Å². The minimum Gasteiger partial charge on any atom is -0.497 e. The topological polar surface area (TPSA) is 59.4 Å². The summed E-state index contributed by atoms with van der Waals surface area (Å²) >= 11 is 3.37. The van der Waals surface area contributed by atoms with Crippen LogP contribution in [0.5, 0.6) is 5.75 Å². The molecule has 1 N–H and O–H groups in total. The Kier molecular flexibility index (Phi) is 5.75. The van der Waals surface area contributed by atoms with Crippen molar-refractivity contribution in [1.29, 1.82) is 0 Å². The lowest BCUT2D eigenvalue weighted by molar-refractivity contribution is 0.256. The highest BCUT2D eigenvalue weighted by molar-refractivity contribution is 9.10. The van der Waals surface area contributed by atoms with Crippen LogP contribution in [-0.2, 0) is 7.05 Å². The van der Waals surface area contributed by atoms with Crippen LogP contribution >= 0.6 is 15.9 Å². The predicted molar refractivity (Wildman–Crippen MR) is 102 cm³/mol. The largest absolute Gasteiger partial charge is 0.497 e. The zero-order valence-corrected chi connectivity index (χ0v) is 16.1. The normalized spacial score (nSPS) is 16.0. The van der Waals surface area contributed by atoms with Crippen molar-refractivity contribution < 1.29 is 4.74 Å². The van der Waals surface area contributed by atoms with Crippen LogP contribution in [0.1, 0.15) is 24.4 Å². The van der Waals surface area contributed by atoms with Gasteiger partial charge in [0.15, 0.2) is 0 Å². The van der Waals surface area contributed by atoms with Crippen LogP contribution in [0.4, 0.5) is 5.69 Å². The Hall–Kier alpha value is -1.86. The molecule has 0 amide bonds. The van der Waals surface area contributed by atoms with Gasteiger partial charge in [-0.05, 0) is 59.6 Å². The van der Waals surface area contributed by atoms with Crippen molar-refractivity contribution in [1.82, 2.24) is 14.7 Å². The monoisotopic (exact) mass is 406 g/mol. The third kappa shape index (κ3) is 4.04. The standard InChI is InChI=1S/C18H23BrN4O2/c1-22-18(24)17(19)15(11-21-22)20-12-16(23-9-3-4-10-23)13-5-7-14(25-2)8-6-13/h5-8,11,16,20H,3-4,9-10,12H2,1-2H3. The molecule has 2 heterocycles. The summed E-state index contributed by atoms with van der Waals surface area (Å²) in [6.45, 7) is 2.89. The van der Waals surface area contributed by atoms with Gasteiger partial charge < -0.3 is 10.1 Å². The molecule has 25 heavy (non-hydrogen) atoms. The fraction of sp³-hybridized carbons (Fsp3) is 0.444. The van der Waals surface area contributed by atoms with Gasteiger partial charge in [0.25, 0.3) is 5.56 Å². The summed E-state index contributed by atoms with van der Waals surface area (Å²) in [5.74, 6) is 0.857. The van der Waals surface area contributed by atoms with E-state index in [0.29, 0.717) is 11.0 Å². The van der Waals surface area contributed by atoms with Gasteiger partial charge in [0, 0.05) is 13.6 Å². The number of aromatic nitrogens is 2. The minimum absolute atomic E-state index is 0.146. The number of hydrogen-bond donors (Lipinski definition) is 1. The van der Waals surface area contributed by atoms with Gasteiger partial charge in [-0.1, -0.05) is 12.1 Å². The first-order valence-corrected chi connectivity index (χ1v) is 9.23. The minimum atomic E-state index is -0.146. The summed E-state index contributed by atoms with van der Waals surface area (Å²) in [7, 11) is 3.32. The number of halogens is 1. The summed E-state index contributed by atoms with van der Waals surface area (Å²) in [5, 5.41) is 7.48. The van der Waals surface area contributed by atoms with Gasteiger partial charge in [-0.3, -0.25) is 9.69 Å². The van der Waals surface area contributed by atoms with Crippen molar-refractivity contribution in [3.8, 4) is 5.75 Å². The van der Waals surface area contributed by atoms with Crippen molar-refractivity contribution in [3.63, 3.8) is 0 Å². The van der Waals surface area contributed by atoms with E-state index in [1.807, 2.05) is 12.1 Å². The second-order valence-electron chi connectivity index (χ2n) is 6.21. The van der Waals surface area contributed by atoms with Crippen LogP contribution in [0.25, 0.3) is 0 Å². The van der Waals surface area contributed by atoms with E-state index < -0.39 is 0 Å². The van der Waals surface area contributed by atoms with Gasteiger partial charge in [-0.25, -0.2) is 4.68 Å². The molecule has 134 valence electrons. The maximum atomic E-state index is 12.0. The number of likely N-dealkylation sites (tertiary alicyclic amines) is 1. The van der Waals surface area contributed by atoms with Gasteiger partial charge in [0.05, 0.1) is 25.0 Å². The van der Waals surface area contributed by atoms with Crippen LogP contribution < -0.4 is 15.6 Å².